The van der Waals surface area contributed by atoms with Crippen molar-refractivity contribution in [1.82, 2.24) is 4.90 Å². The molecule has 0 bridgehead atoms. The van der Waals surface area contributed by atoms with Gasteiger partial charge in [-0.25, -0.2) is 0 Å². The normalized spacial score (nSPS) is 14.2. The van der Waals surface area contributed by atoms with E-state index in [0.29, 0.717) is 17.7 Å². The Kier molecular flexibility index (Phi) is 3.22. The van der Waals surface area contributed by atoms with E-state index >= 15 is 0 Å². The highest BCUT2D eigenvalue weighted by molar-refractivity contribution is 5.97. The van der Waals surface area contributed by atoms with Crippen LogP contribution in [0.2, 0.25) is 0 Å². The summed E-state index contributed by atoms with van der Waals surface area (Å²) >= 11 is 0. The van der Waals surface area contributed by atoms with Crippen molar-refractivity contribution < 1.29 is 14.3 Å². The maximum absolute atomic E-state index is 12.6. The topological polar surface area (TPSA) is 53.7 Å². The van der Waals surface area contributed by atoms with Gasteiger partial charge in [-0.15, -0.1) is 0 Å². The maximum Gasteiger partial charge on any atom is 0.258 e. The predicted molar refractivity (Wildman–Crippen MR) is 74.4 cm³/mol. The Morgan fingerprint density at radius 1 is 1.35 bits per heavy atom. The molecule has 1 aliphatic rings. The fourth-order valence-corrected chi connectivity index (χ4v) is 2.31. The second-order valence-corrected chi connectivity index (χ2v) is 5.21. The largest absolute Gasteiger partial charge is 0.507 e. The molecule has 4 nitrogen and oxygen atoms in total. The molecule has 1 amide bonds. The lowest BCUT2D eigenvalue weighted by Crippen LogP contribution is -2.32. The number of phenols is 1. The molecular weight excluding hydrogens is 254 g/mol. The van der Waals surface area contributed by atoms with E-state index in [9.17, 15) is 9.90 Å². The summed E-state index contributed by atoms with van der Waals surface area (Å²) in [4.78, 5) is 14.4. The number of phenolic OH excluding ortho intramolecular Hbond substituents is 1. The standard InChI is InChI=1S/C16H17NO3/c1-11-4-2-6-14(15(11)18)16(19)17(12-7-8-12)10-13-5-3-9-20-13/h2-6,9,12,18H,7-8,10H2,1H3. The molecule has 1 aliphatic carbocycles. The zero-order valence-electron chi connectivity index (χ0n) is 11.4. The van der Waals surface area contributed by atoms with Crippen LogP contribution >= 0.6 is 0 Å². The summed E-state index contributed by atoms with van der Waals surface area (Å²) in [5.74, 6) is 0.699. The lowest BCUT2D eigenvalue weighted by atomic mass is 10.1. The number of hydrogen-bond donors (Lipinski definition) is 1. The van der Waals surface area contributed by atoms with Crippen molar-refractivity contribution in [2.75, 3.05) is 0 Å². The maximum atomic E-state index is 12.6. The van der Waals surface area contributed by atoms with Gasteiger partial charge in [0.1, 0.15) is 11.5 Å². The van der Waals surface area contributed by atoms with Crippen LogP contribution in [0.3, 0.4) is 0 Å². The van der Waals surface area contributed by atoms with E-state index < -0.39 is 0 Å². The van der Waals surface area contributed by atoms with E-state index in [2.05, 4.69) is 0 Å². The molecule has 0 radical (unpaired) electrons. The summed E-state index contributed by atoms with van der Waals surface area (Å²) in [6.07, 6.45) is 3.63. The first-order valence-corrected chi connectivity index (χ1v) is 6.78. The number of nitrogens with zero attached hydrogens (tertiary/aromatic N) is 1. The fraction of sp³-hybridized carbons (Fsp3) is 0.312. The third-order valence-corrected chi connectivity index (χ3v) is 3.62. The smallest absolute Gasteiger partial charge is 0.258 e. The minimum absolute atomic E-state index is 0.0718. The third-order valence-electron chi connectivity index (χ3n) is 3.62. The first-order valence-electron chi connectivity index (χ1n) is 6.78. The van der Waals surface area contributed by atoms with Crippen LogP contribution in [0, 0.1) is 6.92 Å². The number of carbonyl (C=O) groups excluding carboxylic acids is 1. The average Bonchev–Trinajstić information content (AvgIpc) is 3.15. The van der Waals surface area contributed by atoms with Gasteiger partial charge in [0, 0.05) is 6.04 Å². The highest BCUT2D eigenvalue weighted by Crippen LogP contribution is 2.32. The molecule has 0 atom stereocenters. The molecule has 104 valence electrons. The van der Waals surface area contributed by atoms with Crippen LogP contribution in [0.15, 0.2) is 41.0 Å². The van der Waals surface area contributed by atoms with E-state index in [-0.39, 0.29) is 17.7 Å². The average molecular weight is 271 g/mol. The second-order valence-electron chi connectivity index (χ2n) is 5.21. The Hall–Kier alpha value is -2.23. The second kappa shape index (κ2) is 5.04. The number of carbonyl (C=O) groups is 1. The minimum Gasteiger partial charge on any atom is -0.507 e. The Bertz CT molecular complexity index is 615. The number of aryl methyl sites for hydroxylation is 1. The van der Waals surface area contributed by atoms with Crippen LogP contribution in [-0.2, 0) is 6.54 Å². The van der Waals surface area contributed by atoms with E-state index in [1.54, 1.807) is 36.3 Å². The molecule has 0 unspecified atom stereocenters. The number of benzene rings is 1. The molecule has 1 fully saturated rings. The Labute approximate surface area is 117 Å². The van der Waals surface area contributed by atoms with Crippen LogP contribution in [0.1, 0.15) is 34.5 Å². The SMILES string of the molecule is Cc1cccc(C(=O)N(Cc2ccco2)C2CC2)c1O. The van der Waals surface area contributed by atoms with Crippen LogP contribution in [0.5, 0.6) is 5.75 Å². The molecule has 3 rings (SSSR count). The summed E-state index contributed by atoms with van der Waals surface area (Å²) in [5, 5.41) is 10.1. The molecular formula is C16H17NO3. The van der Waals surface area contributed by atoms with Gasteiger partial charge >= 0.3 is 0 Å². The van der Waals surface area contributed by atoms with Gasteiger partial charge in [0.25, 0.3) is 5.91 Å². The van der Waals surface area contributed by atoms with Gasteiger partial charge in [-0.2, -0.15) is 0 Å². The molecule has 2 aromatic rings. The first kappa shape index (κ1) is 12.8. The lowest BCUT2D eigenvalue weighted by Gasteiger charge is -2.22. The number of para-hydroxylation sites is 1. The van der Waals surface area contributed by atoms with Gasteiger partial charge in [-0.3, -0.25) is 4.79 Å². The number of aromatic hydroxyl groups is 1. The summed E-state index contributed by atoms with van der Waals surface area (Å²) in [7, 11) is 0. The van der Waals surface area contributed by atoms with Gasteiger partial charge in [-0.1, -0.05) is 12.1 Å². The third kappa shape index (κ3) is 2.41. The van der Waals surface area contributed by atoms with Crippen LogP contribution in [-0.4, -0.2) is 22.0 Å². The fourth-order valence-electron chi connectivity index (χ4n) is 2.31. The van der Waals surface area contributed by atoms with Crippen molar-refractivity contribution in [3.63, 3.8) is 0 Å². The molecule has 1 saturated carbocycles. The summed E-state index contributed by atoms with van der Waals surface area (Å²) < 4.78 is 5.33. The molecule has 20 heavy (non-hydrogen) atoms. The van der Waals surface area contributed by atoms with Crippen LogP contribution < -0.4 is 0 Å². The number of furan rings is 1. The quantitative estimate of drug-likeness (QED) is 0.929. The Balaban J connectivity index is 1.87. The molecule has 1 heterocycles. The number of rotatable bonds is 4. The summed E-state index contributed by atoms with van der Waals surface area (Å²) in [6, 6.07) is 9.18. The van der Waals surface area contributed by atoms with E-state index in [4.69, 9.17) is 4.42 Å². The van der Waals surface area contributed by atoms with Crippen molar-refractivity contribution in [2.24, 2.45) is 0 Å². The first-order chi connectivity index (χ1) is 9.66. The van der Waals surface area contributed by atoms with Crippen molar-refractivity contribution in [3.05, 3.63) is 53.5 Å². The van der Waals surface area contributed by atoms with E-state index in [1.807, 2.05) is 12.1 Å². The van der Waals surface area contributed by atoms with Gasteiger partial charge in [0.15, 0.2) is 0 Å². The van der Waals surface area contributed by atoms with Crippen LogP contribution in [0.25, 0.3) is 0 Å². The summed E-state index contributed by atoms with van der Waals surface area (Å²) in [6.45, 7) is 2.24. The molecule has 0 aliphatic heterocycles. The van der Waals surface area contributed by atoms with E-state index in [0.717, 1.165) is 18.6 Å². The van der Waals surface area contributed by atoms with Crippen molar-refractivity contribution in [3.8, 4) is 5.75 Å². The minimum atomic E-state index is -0.134. The Morgan fingerprint density at radius 2 is 2.15 bits per heavy atom. The Morgan fingerprint density at radius 3 is 2.80 bits per heavy atom. The molecule has 1 aromatic heterocycles. The predicted octanol–water partition coefficient (Wildman–Crippen LogP) is 3.10. The highest BCUT2D eigenvalue weighted by atomic mass is 16.3. The van der Waals surface area contributed by atoms with Gasteiger partial charge in [0.2, 0.25) is 0 Å². The molecule has 1 aromatic carbocycles. The number of amides is 1. The van der Waals surface area contributed by atoms with Crippen LogP contribution in [0.4, 0.5) is 0 Å². The zero-order valence-corrected chi connectivity index (χ0v) is 11.4. The summed E-state index contributed by atoms with van der Waals surface area (Å²) in [5.41, 5.74) is 1.08. The highest BCUT2D eigenvalue weighted by Gasteiger charge is 2.34. The van der Waals surface area contributed by atoms with Crippen molar-refractivity contribution in [2.45, 2.75) is 32.4 Å². The van der Waals surface area contributed by atoms with Crippen molar-refractivity contribution >= 4 is 5.91 Å². The molecule has 4 heteroatoms. The zero-order chi connectivity index (χ0) is 14.1. The van der Waals surface area contributed by atoms with E-state index in [1.165, 1.54) is 0 Å². The molecule has 1 N–H and O–H groups in total. The van der Waals surface area contributed by atoms with Gasteiger partial charge < -0.3 is 14.4 Å². The van der Waals surface area contributed by atoms with Gasteiger partial charge in [-0.05, 0) is 43.5 Å². The molecule has 0 spiro atoms. The monoisotopic (exact) mass is 271 g/mol. The van der Waals surface area contributed by atoms with Gasteiger partial charge in [0.05, 0.1) is 18.4 Å². The lowest BCUT2D eigenvalue weighted by molar-refractivity contribution is 0.0714. The van der Waals surface area contributed by atoms with Crippen molar-refractivity contribution in [1.29, 1.82) is 0 Å². The number of hydrogen-bond acceptors (Lipinski definition) is 3. The molecule has 0 saturated heterocycles.